The Morgan fingerprint density at radius 2 is 2.10 bits per heavy atom. The summed E-state index contributed by atoms with van der Waals surface area (Å²) in [5.41, 5.74) is -0.559. The van der Waals surface area contributed by atoms with Crippen molar-refractivity contribution in [2.24, 2.45) is 0 Å². The van der Waals surface area contributed by atoms with Crippen molar-refractivity contribution in [2.45, 2.75) is 32.7 Å². The van der Waals surface area contributed by atoms with Crippen molar-refractivity contribution < 1.29 is 23.8 Å². The minimum atomic E-state index is -1.36. The van der Waals surface area contributed by atoms with Crippen molar-refractivity contribution in [1.29, 1.82) is 0 Å². The molecule has 0 heterocycles. The quantitative estimate of drug-likeness (QED) is 0.836. The van der Waals surface area contributed by atoms with Crippen LogP contribution in [-0.2, 0) is 9.59 Å². The highest BCUT2D eigenvalue weighted by molar-refractivity contribution is 5.87. The van der Waals surface area contributed by atoms with Gasteiger partial charge in [-0.3, -0.25) is 4.79 Å². The van der Waals surface area contributed by atoms with E-state index >= 15 is 0 Å². The highest BCUT2D eigenvalue weighted by atomic mass is 19.1. The second-order valence-electron chi connectivity index (χ2n) is 4.76. The van der Waals surface area contributed by atoms with E-state index in [0.717, 1.165) is 5.56 Å². The normalized spacial score (nSPS) is 13.4. The van der Waals surface area contributed by atoms with E-state index in [-0.39, 0.29) is 12.2 Å². The lowest BCUT2D eigenvalue weighted by Gasteiger charge is -2.24. The van der Waals surface area contributed by atoms with E-state index in [1.165, 1.54) is 19.1 Å². The van der Waals surface area contributed by atoms with Crippen LogP contribution in [0.3, 0.4) is 0 Å². The Morgan fingerprint density at radius 1 is 1.45 bits per heavy atom. The highest BCUT2D eigenvalue weighted by Crippen LogP contribution is 2.18. The van der Waals surface area contributed by atoms with Crippen molar-refractivity contribution in [3.63, 3.8) is 0 Å². The number of carbonyl (C=O) groups is 2. The van der Waals surface area contributed by atoms with Gasteiger partial charge in [-0.25, -0.2) is 9.18 Å². The SMILES string of the molecule is CCC(C)(NC(=O)COc1cc(C)ccc1F)C(=O)O. The molecule has 1 amide bonds. The number of rotatable bonds is 6. The van der Waals surface area contributed by atoms with Crippen LogP contribution in [0.5, 0.6) is 5.75 Å². The summed E-state index contributed by atoms with van der Waals surface area (Å²) >= 11 is 0. The van der Waals surface area contributed by atoms with E-state index in [0.29, 0.717) is 0 Å². The molecular weight excluding hydrogens is 265 g/mol. The van der Waals surface area contributed by atoms with Gasteiger partial charge in [0.05, 0.1) is 0 Å². The number of carboxylic acids is 1. The zero-order chi connectivity index (χ0) is 15.3. The standard InChI is InChI=1S/C14H18FNO4/c1-4-14(3,13(18)19)16-12(17)8-20-11-7-9(2)5-6-10(11)15/h5-7H,4,8H2,1-3H3,(H,16,17)(H,18,19). The average molecular weight is 283 g/mol. The summed E-state index contributed by atoms with van der Waals surface area (Å²) in [6, 6.07) is 4.30. The van der Waals surface area contributed by atoms with Crippen LogP contribution in [0.4, 0.5) is 4.39 Å². The van der Waals surface area contributed by atoms with Gasteiger partial charge in [-0.15, -0.1) is 0 Å². The van der Waals surface area contributed by atoms with Crippen LogP contribution in [0, 0.1) is 12.7 Å². The van der Waals surface area contributed by atoms with E-state index in [4.69, 9.17) is 9.84 Å². The molecule has 1 rings (SSSR count). The van der Waals surface area contributed by atoms with E-state index in [2.05, 4.69) is 5.32 Å². The molecule has 0 saturated carbocycles. The molecule has 0 aliphatic heterocycles. The van der Waals surface area contributed by atoms with Crippen LogP contribution in [0.2, 0.25) is 0 Å². The molecule has 0 bridgehead atoms. The molecule has 20 heavy (non-hydrogen) atoms. The molecule has 1 atom stereocenters. The van der Waals surface area contributed by atoms with E-state index in [1.54, 1.807) is 19.9 Å². The molecule has 0 aliphatic carbocycles. The highest BCUT2D eigenvalue weighted by Gasteiger charge is 2.32. The Bertz CT molecular complexity index is 518. The van der Waals surface area contributed by atoms with Crippen LogP contribution >= 0.6 is 0 Å². The van der Waals surface area contributed by atoms with E-state index in [1.807, 2.05) is 0 Å². The number of hydrogen-bond donors (Lipinski definition) is 2. The van der Waals surface area contributed by atoms with Gasteiger partial charge >= 0.3 is 5.97 Å². The first kappa shape index (κ1) is 15.9. The van der Waals surface area contributed by atoms with Gasteiger partial charge in [-0.1, -0.05) is 13.0 Å². The fourth-order valence-electron chi connectivity index (χ4n) is 1.50. The summed E-state index contributed by atoms with van der Waals surface area (Å²) in [5, 5.41) is 11.4. The maximum atomic E-state index is 13.4. The Balaban J connectivity index is 2.64. The molecule has 0 radical (unpaired) electrons. The fraction of sp³-hybridized carbons (Fsp3) is 0.429. The van der Waals surface area contributed by atoms with Gasteiger partial charge in [0.2, 0.25) is 0 Å². The molecule has 1 unspecified atom stereocenters. The van der Waals surface area contributed by atoms with Gasteiger partial charge in [0.1, 0.15) is 5.54 Å². The van der Waals surface area contributed by atoms with Gasteiger partial charge in [-0.05, 0) is 38.0 Å². The maximum Gasteiger partial charge on any atom is 0.329 e. The molecular formula is C14H18FNO4. The van der Waals surface area contributed by atoms with Gasteiger partial charge in [-0.2, -0.15) is 0 Å². The van der Waals surface area contributed by atoms with Crippen molar-refractivity contribution in [1.82, 2.24) is 5.32 Å². The maximum absolute atomic E-state index is 13.4. The third kappa shape index (κ3) is 3.94. The molecule has 0 aromatic heterocycles. The molecule has 110 valence electrons. The van der Waals surface area contributed by atoms with Crippen molar-refractivity contribution in [2.75, 3.05) is 6.61 Å². The van der Waals surface area contributed by atoms with Crippen LogP contribution in [0.15, 0.2) is 18.2 Å². The second-order valence-corrected chi connectivity index (χ2v) is 4.76. The Hall–Kier alpha value is -2.11. The van der Waals surface area contributed by atoms with Crippen LogP contribution < -0.4 is 10.1 Å². The third-order valence-corrected chi connectivity index (χ3v) is 3.04. The number of hydrogen-bond acceptors (Lipinski definition) is 3. The predicted octanol–water partition coefficient (Wildman–Crippen LogP) is 1.88. The van der Waals surface area contributed by atoms with Crippen LogP contribution in [-0.4, -0.2) is 29.1 Å². The molecule has 6 heteroatoms. The molecule has 1 aromatic carbocycles. The summed E-state index contributed by atoms with van der Waals surface area (Å²) in [5.74, 6) is -2.35. The number of halogens is 1. The van der Waals surface area contributed by atoms with Gasteiger partial charge in [0, 0.05) is 0 Å². The first-order valence-corrected chi connectivity index (χ1v) is 6.22. The first-order chi connectivity index (χ1) is 9.28. The summed E-state index contributed by atoms with van der Waals surface area (Å²) in [6.07, 6.45) is 0.229. The topological polar surface area (TPSA) is 75.6 Å². The average Bonchev–Trinajstić information content (AvgIpc) is 2.39. The van der Waals surface area contributed by atoms with E-state index in [9.17, 15) is 14.0 Å². The molecule has 2 N–H and O–H groups in total. The Morgan fingerprint density at radius 3 is 2.65 bits per heavy atom. The number of carboxylic acid groups (broad SMARTS) is 1. The number of aliphatic carboxylic acids is 1. The van der Waals surface area contributed by atoms with Crippen molar-refractivity contribution in [3.8, 4) is 5.75 Å². The number of ether oxygens (including phenoxy) is 1. The number of nitrogens with one attached hydrogen (secondary N) is 1. The van der Waals surface area contributed by atoms with E-state index < -0.39 is 29.8 Å². The minimum Gasteiger partial charge on any atom is -0.481 e. The lowest BCUT2D eigenvalue weighted by Crippen LogP contribution is -2.53. The summed E-state index contributed by atoms with van der Waals surface area (Å²) in [4.78, 5) is 22.7. The Labute approximate surface area is 116 Å². The fourth-order valence-corrected chi connectivity index (χ4v) is 1.50. The lowest BCUT2D eigenvalue weighted by molar-refractivity contribution is -0.147. The van der Waals surface area contributed by atoms with Gasteiger partial charge in [0.15, 0.2) is 18.2 Å². The zero-order valence-electron chi connectivity index (χ0n) is 11.7. The molecule has 0 aliphatic rings. The molecule has 1 aromatic rings. The summed E-state index contributed by atoms with van der Waals surface area (Å²) in [6.45, 7) is 4.38. The van der Waals surface area contributed by atoms with Crippen LogP contribution in [0.25, 0.3) is 0 Å². The molecule has 0 saturated heterocycles. The largest absolute Gasteiger partial charge is 0.481 e. The number of aryl methyl sites for hydroxylation is 1. The van der Waals surface area contributed by atoms with Crippen molar-refractivity contribution in [3.05, 3.63) is 29.6 Å². The summed E-state index contributed by atoms with van der Waals surface area (Å²) < 4.78 is 18.5. The first-order valence-electron chi connectivity index (χ1n) is 6.22. The van der Waals surface area contributed by atoms with Crippen LogP contribution in [0.1, 0.15) is 25.8 Å². The number of amides is 1. The second kappa shape index (κ2) is 6.36. The zero-order valence-corrected chi connectivity index (χ0v) is 11.7. The van der Waals surface area contributed by atoms with Crippen molar-refractivity contribution >= 4 is 11.9 Å². The Kier molecular flexibility index (Phi) is 5.07. The number of benzene rings is 1. The monoisotopic (exact) mass is 283 g/mol. The van der Waals surface area contributed by atoms with Gasteiger partial charge < -0.3 is 15.2 Å². The summed E-state index contributed by atoms with van der Waals surface area (Å²) in [7, 11) is 0. The van der Waals surface area contributed by atoms with Gasteiger partial charge in [0.25, 0.3) is 5.91 Å². The predicted molar refractivity (Wildman–Crippen MR) is 71.1 cm³/mol. The molecule has 0 spiro atoms. The molecule has 5 nitrogen and oxygen atoms in total. The smallest absolute Gasteiger partial charge is 0.329 e. The molecule has 0 fully saturated rings. The lowest BCUT2D eigenvalue weighted by atomic mass is 9.99. The third-order valence-electron chi connectivity index (χ3n) is 3.04. The minimum absolute atomic E-state index is 0.0336. The number of carbonyl (C=O) groups excluding carboxylic acids is 1.